The molecule has 37 heavy (non-hydrogen) atoms. The molecule has 0 unspecified atom stereocenters. The lowest BCUT2D eigenvalue weighted by molar-refractivity contribution is -0.325. The SMILES string of the molecule is C#Cc1cc(C(=O)Nc2cnn3c2C(=O)N(c2ccc(OCCOC(F)(F)F)cc2)CC3)ccc1OC. The lowest BCUT2D eigenvalue weighted by atomic mass is 10.1. The largest absolute Gasteiger partial charge is 0.522 e. The summed E-state index contributed by atoms with van der Waals surface area (Å²) in [7, 11) is 1.47. The molecule has 1 aromatic heterocycles. The normalized spacial score (nSPS) is 13.1. The van der Waals surface area contributed by atoms with Crippen LogP contribution in [0.1, 0.15) is 26.4 Å². The average Bonchev–Trinajstić information content (AvgIpc) is 3.29. The number of fused-ring (bicyclic) bond motifs is 1. The van der Waals surface area contributed by atoms with Crippen molar-refractivity contribution < 1.29 is 37.0 Å². The summed E-state index contributed by atoms with van der Waals surface area (Å²) in [6, 6.07) is 11.0. The summed E-state index contributed by atoms with van der Waals surface area (Å²) in [6.07, 6.45) is 2.17. The number of methoxy groups -OCH3 is 1. The van der Waals surface area contributed by atoms with Crippen molar-refractivity contribution in [1.29, 1.82) is 0 Å². The topological polar surface area (TPSA) is 94.9 Å². The molecule has 1 aliphatic rings. The molecule has 0 atom stereocenters. The Morgan fingerprint density at radius 3 is 2.59 bits per heavy atom. The van der Waals surface area contributed by atoms with Crippen molar-refractivity contribution in [3.05, 3.63) is 65.5 Å². The van der Waals surface area contributed by atoms with Crippen LogP contribution in [0.25, 0.3) is 0 Å². The van der Waals surface area contributed by atoms with Gasteiger partial charge in [0.25, 0.3) is 11.8 Å². The molecule has 3 aromatic rings. The molecular formula is C25H21F3N4O5. The first-order valence-corrected chi connectivity index (χ1v) is 11.0. The fraction of sp³-hybridized carbons (Fsp3) is 0.240. The molecule has 9 nitrogen and oxygen atoms in total. The van der Waals surface area contributed by atoms with Gasteiger partial charge in [0, 0.05) is 17.8 Å². The van der Waals surface area contributed by atoms with E-state index in [1.54, 1.807) is 24.3 Å². The van der Waals surface area contributed by atoms with Crippen LogP contribution >= 0.6 is 0 Å². The quantitative estimate of drug-likeness (QED) is 0.364. The second-order valence-corrected chi connectivity index (χ2v) is 7.74. The minimum atomic E-state index is -4.72. The second-order valence-electron chi connectivity index (χ2n) is 7.74. The van der Waals surface area contributed by atoms with Gasteiger partial charge in [0.15, 0.2) is 0 Å². The van der Waals surface area contributed by atoms with Gasteiger partial charge in [-0.2, -0.15) is 5.10 Å². The maximum absolute atomic E-state index is 13.3. The number of nitrogens with zero attached hydrogens (tertiary/aromatic N) is 3. The van der Waals surface area contributed by atoms with E-state index in [9.17, 15) is 22.8 Å². The number of carbonyl (C=O) groups is 2. The molecule has 192 valence electrons. The number of terminal acetylenes is 1. The van der Waals surface area contributed by atoms with E-state index in [1.165, 1.54) is 41.1 Å². The number of halogens is 3. The highest BCUT2D eigenvalue weighted by Crippen LogP contribution is 2.28. The summed E-state index contributed by atoms with van der Waals surface area (Å²) in [5.41, 5.74) is 1.68. The Hall–Kier alpha value is -4.50. The van der Waals surface area contributed by atoms with Gasteiger partial charge in [-0.1, -0.05) is 5.92 Å². The zero-order chi connectivity index (χ0) is 26.6. The van der Waals surface area contributed by atoms with Gasteiger partial charge in [-0.3, -0.25) is 19.0 Å². The third-order valence-corrected chi connectivity index (χ3v) is 5.45. The van der Waals surface area contributed by atoms with Crippen LogP contribution in [-0.2, 0) is 11.3 Å². The van der Waals surface area contributed by atoms with Gasteiger partial charge in [-0.05, 0) is 42.5 Å². The molecular weight excluding hydrogens is 493 g/mol. The fourth-order valence-corrected chi connectivity index (χ4v) is 3.74. The lowest BCUT2D eigenvalue weighted by Crippen LogP contribution is -2.41. The van der Waals surface area contributed by atoms with Crippen LogP contribution in [0, 0.1) is 12.3 Å². The Morgan fingerprint density at radius 2 is 1.92 bits per heavy atom. The van der Waals surface area contributed by atoms with Crippen LogP contribution in [0.4, 0.5) is 24.5 Å². The van der Waals surface area contributed by atoms with Crippen LogP contribution in [0.5, 0.6) is 11.5 Å². The van der Waals surface area contributed by atoms with Crippen molar-refractivity contribution >= 4 is 23.2 Å². The minimum absolute atomic E-state index is 0.204. The van der Waals surface area contributed by atoms with Gasteiger partial charge in [-0.15, -0.1) is 19.6 Å². The van der Waals surface area contributed by atoms with E-state index in [0.29, 0.717) is 35.8 Å². The van der Waals surface area contributed by atoms with Gasteiger partial charge >= 0.3 is 6.36 Å². The van der Waals surface area contributed by atoms with Crippen molar-refractivity contribution in [2.75, 3.05) is 37.1 Å². The van der Waals surface area contributed by atoms with Crippen molar-refractivity contribution in [2.45, 2.75) is 12.9 Å². The zero-order valence-corrected chi connectivity index (χ0v) is 19.5. The maximum Gasteiger partial charge on any atom is 0.522 e. The smallest absolute Gasteiger partial charge is 0.495 e. The summed E-state index contributed by atoms with van der Waals surface area (Å²) in [4.78, 5) is 27.7. The monoisotopic (exact) mass is 514 g/mol. The first-order chi connectivity index (χ1) is 17.7. The van der Waals surface area contributed by atoms with Gasteiger partial charge in [0.05, 0.1) is 37.7 Å². The highest BCUT2D eigenvalue weighted by atomic mass is 19.4. The number of aromatic nitrogens is 2. The summed E-state index contributed by atoms with van der Waals surface area (Å²) < 4.78 is 51.7. The Bertz CT molecular complexity index is 1350. The Balaban J connectivity index is 1.45. The molecule has 0 bridgehead atoms. The molecule has 1 aliphatic heterocycles. The van der Waals surface area contributed by atoms with Crippen molar-refractivity contribution in [3.63, 3.8) is 0 Å². The van der Waals surface area contributed by atoms with Crippen molar-refractivity contribution in [3.8, 4) is 23.8 Å². The molecule has 0 aliphatic carbocycles. The number of nitrogens with one attached hydrogen (secondary N) is 1. The molecule has 0 saturated carbocycles. The van der Waals surface area contributed by atoms with Crippen LogP contribution in [0.3, 0.4) is 0 Å². The average molecular weight is 514 g/mol. The molecule has 12 heteroatoms. The molecule has 0 radical (unpaired) electrons. The van der Waals surface area contributed by atoms with E-state index in [1.807, 2.05) is 0 Å². The van der Waals surface area contributed by atoms with Crippen LogP contribution in [0.2, 0.25) is 0 Å². The highest BCUT2D eigenvalue weighted by Gasteiger charge is 2.31. The lowest BCUT2D eigenvalue weighted by Gasteiger charge is -2.28. The second kappa shape index (κ2) is 10.6. The Morgan fingerprint density at radius 1 is 1.16 bits per heavy atom. The van der Waals surface area contributed by atoms with Crippen LogP contribution in [-0.4, -0.2) is 54.8 Å². The van der Waals surface area contributed by atoms with Crippen LogP contribution in [0.15, 0.2) is 48.7 Å². The summed E-state index contributed by atoms with van der Waals surface area (Å²) in [5.74, 6) is 2.38. The molecule has 0 fully saturated rings. The number of amides is 2. The van der Waals surface area contributed by atoms with E-state index in [-0.39, 0.29) is 29.5 Å². The molecule has 0 spiro atoms. The summed E-state index contributed by atoms with van der Waals surface area (Å²) in [5, 5.41) is 6.92. The standard InChI is InChI=1S/C25H21F3N4O5/c1-3-16-14-17(4-9-21(16)35-2)23(33)30-20-15-29-32-11-10-31(24(34)22(20)32)18-5-7-19(8-6-18)36-12-13-37-25(26,27)28/h1,4-9,14-15H,10-13H2,2H3,(H,30,33). The summed E-state index contributed by atoms with van der Waals surface area (Å²) >= 11 is 0. The molecule has 2 heterocycles. The number of carbonyl (C=O) groups excluding carboxylic acids is 2. The van der Waals surface area contributed by atoms with Gasteiger partial charge in [-0.25, -0.2) is 0 Å². The van der Waals surface area contributed by atoms with Gasteiger partial charge in [0.1, 0.15) is 23.8 Å². The first-order valence-electron chi connectivity index (χ1n) is 11.0. The number of rotatable bonds is 8. The Labute approximate surface area is 209 Å². The number of alkyl halides is 3. The molecule has 2 aromatic carbocycles. The third-order valence-electron chi connectivity index (χ3n) is 5.45. The van der Waals surface area contributed by atoms with E-state index < -0.39 is 18.9 Å². The van der Waals surface area contributed by atoms with E-state index in [0.717, 1.165) is 0 Å². The predicted octanol–water partition coefficient (Wildman–Crippen LogP) is 3.70. The third kappa shape index (κ3) is 5.84. The van der Waals surface area contributed by atoms with Crippen LogP contribution < -0.4 is 19.7 Å². The molecule has 0 saturated heterocycles. The van der Waals surface area contributed by atoms with E-state index >= 15 is 0 Å². The maximum atomic E-state index is 13.3. The first kappa shape index (κ1) is 25.6. The van der Waals surface area contributed by atoms with Crippen molar-refractivity contribution in [2.24, 2.45) is 0 Å². The highest BCUT2D eigenvalue weighted by molar-refractivity contribution is 6.13. The molecule has 4 rings (SSSR count). The fourth-order valence-electron chi connectivity index (χ4n) is 3.74. The summed E-state index contributed by atoms with van der Waals surface area (Å²) in [6.45, 7) is -0.228. The number of ether oxygens (including phenoxy) is 3. The minimum Gasteiger partial charge on any atom is -0.495 e. The number of anilines is 2. The van der Waals surface area contributed by atoms with E-state index in [4.69, 9.17) is 15.9 Å². The number of benzene rings is 2. The molecule has 2 amide bonds. The predicted molar refractivity (Wildman–Crippen MR) is 127 cm³/mol. The number of hydrogen-bond donors (Lipinski definition) is 1. The molecule has 1 N–H and O–H groups in total. The van der Waals surface area contributed by atoms with E-state index in [2.05, 4.69) is 21.1 Å². The van der Waals surface area contributed by atoms with Crippen molar-refractivity contribution in [1.82, 2.24) is 9.78 Å². The van der Waals surface area contributed by atoms with Gasteiger partial charge in [0.2, 0.25) is 0 Å². The number of hydrogen-bond acceptors (Lipinski definition) is 6. The zero-order valence-electron chi connectivity index (χ0n) is 19.5. The Kier molecular flexibility index (Phi) is 7.35. The van der Waals surface area contributed by atoms with Gasteiger partial charge < -0.3 is 19.7 Å².